The number of hydrogen-bond donors (Lipinski definition) is 1. The van der Waals surface area contributed by atoms with Crippen LogP contribution in [0.25, 0.3) is 0 Å². The lowest BCUT2D eigenvalue weighted by molar-refractivity contribution is -0.136. The van der Waals surface area contributed by atoms with E-state index in [2.05, 4.69) is 23.6 Å². The van der Waals surface area contributed by atoms with Crippen LogP contribution in [0.3, 0.4) is 0 Å². The summed E-state index contributed by atoms with van der Waals surface area (Å²) in [5.41, 5.74) is 0. The number of nitrogens with zero attached hydrogens (tertiary/aromatic N) is 1. The van der Waals surface area contributed by atoms with Gasteiger partial charge in [0, 0.05) is 5.75 Å². The number of carboxylic acids is 1. The van der Waals surface area contributed by atoms with Crippen LogP contribution in [0.1, 0.15) is 6.42 Å². The highest BCUT2D eigenvalue weighted by atomic mass is 32.2. The van der Waals surface area contributed by atoms with Gasteiger partial charge in [0.1, 0.15) is 8.24 Å². The summed E-state index contributed by atoms with van der Waals surface area (Å²) in [4.78, 5) is 10.2. The first-order valence-electron chi connectivity index (χ1n) is 3.92. The van der Waals surface area contributed by atoms with E-state index in [9.17, 15) is 4.79 Å². The molecule has 0 fully saturated rings. The monoisotopic (exact) mass is 207 g/mol. The summed E-state index contributed by atoms with van der Waals surface area (Å²) in [5.74, 6) is -0.0395. The van der Waals surface area contributed by atoms with E-state index in [0.29, 0.717) is 5.75 Å². The van der Waals surface area contributed by atoms with E-state index in [1.54, 1.807) is 11.9 Å². The molecule has 3 nitrogen and oxygen atoms in total. The van der Waals surface area contributed by atoms with Crippen molar-refractivity contribution in [2.75, 3.05) is 12.8 Å². The van der Waals surface area contributed by atoms with Gasteiger partial charge in [-0.3, -0.25) is 8.77 Å². The third-order valence-electron chi connectivity index (χ3n) is 1.55. The van der Waals surface area contributed by atoms with Crippen LogP contribution in [0, 0.1) is 0 Å². The maximum Gasteiger partial charge on any atom is 0.304 e. The molecule has 0 amide bonds. The second-order valence-electron chi connectivity index (χ2n) is 3.65. The van der Waals surface area contributed by atoms with Gasteiger partial charge in [-0.1, -0.05) is 31.6 Å². The number of hydrogen-bond acceptors (Lipinski definition) is 3. The van der Waals surface area contributed by atoms with E-state index in [1.807, 2.05) is 7.05 Å². The van der Waals surface area contributed by atoms with E-state index in [1.165, 1.54) is 0 Å². The third-order valence-corrected chi connectivity index (χ3v) is 6.24. The summed E-state index contributed by atoms with van der Waals surface area (Å²) in [5, 5.41) is 8.41. The molecule has 0 radical (unpaired) electrons. The molecular formula is C7H17NO2SSi. The molecule has 0 bridgehead atoms. The first kappa shape index (κ1) is 12.0. The Labute approximate surface area is 79.4 Å². The molecule has 5 heteroatoms. The molecule has 0 aliphatic rings. The molecule has 0 unspecified atom stereocenters. The zero-order valence-electron chi connectivity index (χ0n) is 8.13. The summed E-state index contributed by atoms with van der Waals surface area (Å²) in [6.07, 6.45) is 0.249. The molecule has 0 aromatic carbocycles. The van der Waals surface area contributed by atoms with Crippen LogP contribution < -0.4 is 0 Å². The molecule has 72 valence electrons. The normalized spacial score (nSPS) is 12.1. The Morgan fingerprint density at radius 1 is 1.50 bits per heavy atom. The molecule has 0 atom stereocenters. The fourth-order valence-corrected chi connectivity index (χ4v) is 2.83. The molecule has 0 aliphatic heterocycles. The average Bonchev–Trinajstić information content (AvgIpc) is 1.84. The maximum absolute atomic E-state index is 10.2. The highest BCUT2D eigenvalue weighted by Gasteiger charge is 2.20. The SMILES string of the molecule is CN(SCCC(=O)O)[Si](C)(C)C. The largest absolute Gasteiger partial charge is 0.481 e. The molecule has 0 aromatic heterocycles. The zero-order valence-corrected chi connectivity index (χ0v) is 9.94. The van der Waals surface area contributed by atoms with Gasteiger partial charge in [0.05, 0.1) is 6.42 Å². The van der Waals surface area contributed by atoms with E-state index >= 15 is 0 Å². The second-order valence-corrected chi connectivity index (χ2v) is 10.2. The van der Waals surface area contributed by atoms with E-state index in [-0.39, 0.29) is 6.42 Å². The molecule has 0 aliphatic carbocycles. The van der Waals surface area contributed by atoms with Crippen molar-refractivity contribution in [2.24, 2.45) is 0 Å². The Bertz CT molecular complexity index is 158. The van der Waals surface area contributed by atoms with Crippen LogP contribution in [-0.2, 0) is 4.79 Å². The summed E-state index contributed by atoms with van der Waals surface area (Å²) in [7, 11) is 0.811. The van der Waals surface area contributed by atoms with Crippen LogP contribution in [0.5, 0.6) is 0 Å². The lowest BCUT2D eigenvalue weighted by Crippen LogP contribution is -2.38. The predicted octanol–water partition coefficient (Wildman–Crippen LogP) is 1.88. The van der Waals surface area contributed by atoms with E-state index < -0.39 is 14.2 Å². The maximum atomic E-state index is 10.2. The minimum absolute atomic E-state index is 0.249. The molecule has 0 spiro atoms. The van der Waals surface area contributed by atoms with Crippen molar-refractivity contribution >= 4 is 26.2 Å². The van der Waals surface area contributed by atoms with Gasteiger partial charge in [0.2, 0.25) is 0 Å². The number of carboxylic acid groups (broad SMARTS) is 1. The number of carbonyl (C=O) groups is 1. The fraction of sp³-hybridized carbons (Fsp3) is 0.857. The Balaban J connectivity index is 3.58. The van der Waals surface area contributed by atoms with Crippen LogP contribution in [0.2, 0.25) is 19.6 Å². The molecule has 12 heavy (non-hydrogen) atoms. The van der Waals surface area contributed by atoms with Crippen molar-refractivity contribution < 1.29 is 9.90 Å². The molecule has 0 rings (SSSR count). The lowest BCUT2D eigenvalue weighted by Gasteiger charge is -2.28. The van der Waals surface area contributed by atoms with Crippen LogP contribution >= 0.6 is 11.9 Å². The second kappa shape index (κ2) is 4.89. The smallest absolute Gasteiger partial charge is 0.304 e. The van der Waals surface area contributed by atoms with Crippen molar-refractivity contribution in [3.8, 4) is 0 Å². The van der Waals surface area contributed by atoms with Crippen LogP contribution in [-0.4, -0.2) is 36.1 Å². The quantitative estimate of drug-likeness (QED) is 0.552. The fourth-order valence-electron chi connectivity index (χ4n) is 0.464. The van der Waals surface area contributed by atoms with Gasteiger partial charge in [-0.25, -0.2) is 0 Å². The van der Waals surface area contributed by atoms with Crippen molar-refractivity contribution in [1.82, 2.24) is 3.97 Å². The first-order chi connectivity index (χ1) is 5.34. The minimum atomic E-state index is -1.23. The Morgan fingerprint density at radius 2 is 2.00 bits per heavy atom. The van der Waals surface area contributed by atoms with Gasteiger partial charge in [0.25, 0.3) is 0 Å². The van der Waals surface area contributed by atoms with Gasteiger partial charge >= 0.3 is 5.97 Å². The Morgan fingerprint density at radius 3 is 2.33 bits per heavy atom. The van der Waals surface area contributed by atoms with Crippen molar-refractivity contribution in [3.05, 3.63) is 0 Å². The number of aliphatic carboxylic acids is 1. The van der Waals surface area contributed by atoms with Gasteiger partial charge in [0.15, 0.2) is 0 Å². The van der Waals surface area contributed by atoms with Crippen molar-refractivity contribution in [3.63, 3.8) is 0 Å². The minimum Gasteiger partial charge on any atom is -0.481 e. The Kier molecular flexibility index (Phi) is 4.89. The topological polar surface area (TPSA) is 40.5 Å². The lowest BCUT2D eigenvalue weighted by atomic mass is 10.5. The highest BCUT2D eigenvalue weighted by molar-refractivity contribution is 7.98. The summed E-state index contributed by atoms with van der Waals surface area (Å²) in [6.45, 7) is 6.71. The molecular weight excluding hydrogens is 190 g/mol. The van der Waals surface area contributed by atoms with Gasteiger partial charge in [-0.15, -0.1) is 0 Å². The van der Waals surface area contributed by atoms with Crippen LogP contribution in [0.15, 0.2) is 0 Å². The van der Waals surface area contributed by atoms with Gasteiger partial charge in [-0.05, 0) is 7.05 Å². The van der Waals surface area contributed by atoms with E-state index in [0.717, 1.165) is 0 Å². The van der Waals surface area contributed by atoms with Crippen molar-refractivity contribution in [2.45, 2.75) is 26.1 Å². The molecule has 0 aromatic rings. The zero-order chi connectivity index (χ0) is 9.78. The molecule has 0 saturated heterocycles. The van der Waals surface area contributed by atoms with Crippen molar-refractivity contribution in [1.29, 1.82) is 0 Å². The molecule has 1 N–H and O–H groups in total. The van der Waals surface area contributed by atoms with E-state index in [4.69, 9.17) is 5.11 Å². The molecule has 0 heterocycles. The third kappa shape index (κ3) is 5.62. The predicted molar refractivity (Wildman–Crippen MR) is 55.8 cm³/mol. The summed E-state index contributed by atoms with van der Waals surface area (Å²) >= 11 is 1.63. The summed E-state index contributed by atoms with van der Waals surface area (Å²) < 4.78 is 2.22. The van der Waals surface area contributed by atoms with Gasteiger partial charge in [-0.2, -0.15) is 0 Å². The Hall–Kier alpha value is -0.00312. The first-order valence-corrected chi connectivity index (χ1v) is 8.31. The standard InChI is InChI=1S/C7H17NO2SSi/c1-8(12(2,3)4)11-6-5-7(9)10/h5-6H2,1-4H3,(H,9,10). The average molecular weight is 207 g/mol. The summed E-state index contributed by atoms with van der Waals surface area (Å²) in [6, 6.07) is 0. The highest BCUT2D eigenvalue weighted by Crippen LogP contribution is 2.17. The van der Waals surface area contributed by atoms with Gasteiger partial charge < -0.3 is 5.11 Å². The number of rotatable bonds is 5. The molecule has 0 saturated carbocycles. The van der Waals surface area contributed by atoms with Crippen LogP contribution in [0.4, 0.5) is 0 Å².